The number of halogens is 1. The lowest BCUT2D eigenvalue weighted by Crippen LogP contribution is -1.90. The van der Waals surface area contributed by atoms with Crippen molar-refractivity contribution >= 4 is 15.9 Å². The van der Waals surface area contributed by atoms with Gasteiger partial charge in [-0.3, -0.25) is 0 Å². The van der Waals surface area contributed by atoms with Crippen LogP contribution in [0.4, 0.5) is 0 Å². The molecule has 0 radical (unpaired) electrons. The highest BCUT2D eigenvalue weighted by Crippen LogP contribution is 2.17. The van der Waals surface area contributed by atoms with Gasteiger partial charge in [0.25, 0.3) is 0 Å². The molecular formula is C13H13Br. The standard InChI is InChI=1S/C13H13Br/c14-13-8-6-12(7-9-13)10-11-4-2-1-3-5-11/h2,4-9H,1,3,10H2. The van der Waals surface area contributed by atoms with Crippen LogP contribution in [-0.2, 0) is 6.42 Å². The van der Waals surface area contributed by atoms with Gasteiger partial charge in [0.05, 0.1) is 0 Å². The second kappa shape index (κ2) is 4.61. The molecule has 1 aliphatic rings. The molecule has 1 aromatic rings. The van der Waals surface area contributed by atoms with Crippen LogP contribution in [0.2, 0.25) is 0 Å². The van der Waals surface area contributed by atoms with Crippen molar-refractivity contribution in [3.63, 3.8) is 0 Å². The number of allylic oxidation sites excluding steroid dienone is 4. The summed E-state index contributed by atoms with van der Waals surface area (Å²) in [7, 11) is 0. The fourth-order valence-electron chi connectivity index (χ4n) is 1.64. The van der Waals surface area contributed by atoms with Gasteiger partial charge in [-0.05, 0) is 42.5 Å². The Kier molecular flexibility index (Phi) is 3.20. The molecule has 1 heteroatoms. The van der Waals surface area contributed by atoms with E-state index in [1.807, 2.05) is 0 Å². The maximum absolute atomic E-state index is 3.44. The van der Waals surface area contributed by atoms with E-state index in [1.165, 1.54) is 24.0 Å². The van der Waals surface area contributed by atoms with Crippen molar-refractivity contribution in [2.45, 2.75) is 19.3 Å². The van der Waals surface area contributed by atoms with Crippen LogP contribution in [0.25, 0.3) is 0 Å². The lowest BCUT2D eigenvalue weighted by atomic mass is 10.00. The number of hydrogen-bond donors (Lipinski definition) is 0. The van der Waals surface area contributed by atoms with Crippen molar-refractivity contribution in [2.24, 2.45) is 0 Å². The zero-order chi connectivity index (χ0) is 9.80. The molecule has 0 atom stereocenters. The molecule has 2 rings (SSSR count). The van der Waals surface area contributed by atoms with Crippen LogP contribution in [0.15, 0.2) is 52.5 Å². The summed E-state index contributed by atoms with van der Waals surface area (Å²) in [6, 6.07) is 8.55. The highest BCUT2D eigenvalue weighted by Gasteiger charge is 1.99. The van der Waals surface area contributed by atoms with Crippen LogP contribution in [0.5, 0.6) is 0 Å². The first-order chi connectivity index (χ1) is 6.84. The first kappa shape index (κ1) is 9.72. The predicted molar refractivity (Wildman–Crippen MR) is 64.3 cm³/mol. The Morgan fingerprint density at radius 3 is 2.50 bits per heavy atom. The van der Waals surface area contributed by atoms with E-state index in [0.717, 1.165) is 10.9 Å². The van der Waals surface area contributed by atoms with Crippen LogP contribution >= 0.6 is 15.9 Å². The van der Waals surface area contributed by atoms with E-state index in [0.29, 0.717) is 0 Å². The summed E-state index contributed by atoms with van der Waals surface area (Å²) in [6.45, 7) is 0. The van der Waals surface area contributed by atoms with E-state index in [9.17, 15) is 0 Å². The third kappa shape index (κ3) is 2.58. The maximum Gasteiger partial charge on any atom is 0.0175 e. The molecule has 0 saturated heterocycles. The molecule has 1 aliphatic carbocycles. The second-order valence-electron chi connectivity index (χ2n) is 3.56. The largest absolute Gasteiger partial charge is 0.0840 e. The molecule has 0 aromatic heterocycles. The third-order valence-electron chi connectivity index (χ3n) is 2.39. The van der Waals surface area contributed by atoms with Gasteiger partial charge in [-0.25, -0.2) is 0 Å². The molecule has 0 fully saturated rings. The van der Waals surface area contributed by atoms with E-state index >= 15 is 0 Å². The lowest BCUT2D eigenvalue weighted by Gasteiger charge is -2.06. The first-order valence-corrected chi connectivity index (χ1v) is 5.74. The Morgan fingerprint density at radius 2 is 1.86 bits per heavy atom. The average Bonchev–Trinajstić information content (AvgIpc) is 2.23. The van der Waals surface area contributed by atoms with E-state index < -0.39 is 0 Å². The SMILES string of the molecule is Brc1ccc(CC2=CCCC=C2)cc1. The van der Waals surface area contributed by atoms with Gasteiger partial charge in [-0.15, -0.1) is 0 Å². The predicted octanol–water partition coefficient (Wildman–Crippen LogP) is 4.27. The Morgan fingerprint density at radius 1 is 1.07 bits per heavy atom. The molecule has 0 saturated carbocycles. The molecule has 0 bridgehead atoms. The molecule has 0 N–H and O–H groups in total. The minimum Gasteiger partial charge on any atom is -0.0840 e. The van der Waals surface area contributed by atoms with E-state index in [4.69, 9.17) is 0 Å². The molecule has 72 valence electrons. The normalized spacial score (nSPS) is 15.4. The monoisotopic (exact) mass is 248 g/mol. The Labute approximate surface area is 93.5 Å². The van der Waals surface area contributed by atoms with Gasteiger partial charge in [0, 0.05) is 4.47 Å². The number of rotatable bonds is 2. The van der Waals surface area contributed by atoms with Crippen LogP contribution in [0.1, 0.15) is 18.4 Å². The van der Waals surface area contributed by atoms with Gasteiger partial charge >= 0.3 is 0 Å². The second-order valence-corrected chi connectivity index (χ2v) is 4.48. The number of benzene rings is 1. The van der Waals surface area contributed by atoms with Crippen molar-refractivity contribution < 1.29 is 0 Å². The summed E-state index contributed by atoms with van der Waals surface area (Å²) in [6.07, 6.45) is 10.3. The highest BCUT2D eigenvalue weighted by atomic mass is 79.9. The van der Waals surface area contributed by atoms with Crippen LogP contribution < -0.4 is 0 Å². The van der Waals surface area contributed by atoms with Crippen molar-refractivity contribution in [3.8, 4) is 0 Å². The summed E-state index contributed by atoms with van der Waals surface area (Å²) < 4.78 is 1.15. The molecule has 0 amide bonds. The van der Waals surface area contributed by atoms with Crippen molar-refractivity contribution in [2.75, 3.05) is 0 Å². The Balaban J connectivity index is 2.07. The topological polar surface area (TPSA) is 0 Å². The van der Waals surface area contributed by atoms with E-state index in [1.54, 1.807) is 0 Å². The molecular weight excluding hydrogens is 236 g/mol. The molecule has 0 spiro atoms. The van der Waals surface area contributed by atoms with Gasteiger partial charge in [0.2, 0.25) is 0 Å². The minimum absolute atomic E-state index is 1.06. The smallest absolute Gasteiger partial charge is 0.0175 e. The summed E-state index contributed by atoms with van der Waals surface area (Å²) in [5.74, 6) is 0. The molecule has 0 heterocycles. The fraction of sp³-hybridized carbons (Fsp3) is 0.231. The minimum atomic E-state index is 1.06. The Bertz CT molecular complexity index is 357. The fourth-order valence-corrected chi connectivity index (χ4v) is 1.90. The lowest BCUT2D eigenvalue weighted by molar-refractivity contribution is 0.994. The number of hydrogen-bond acceptors (Lipinski definition) is 0. The summed E-state index contributed by atoms with van der Waals surface area (Å²) in [5, 5.41) is 0. The average molecular weight is 249 g/mol. The quantitative estimate of drug-likeness (QED) is 0.734. The van der Waals surface area contributed by atoms with Gasteiger partial charge in [0.1, 0.15) is 0 Å². The van der Waals surface area contributed by atoms with Gasteiger partial charge in [0.15, 0.2) is 0 Å². The maximum atomic E-state index is 3.44. The summed E-state index contributed by atoms with van der Waals surface area (Å²) in [5.41, 5.74) is 2.82. The summed E-state index contributed by atoms with van der Waals surface area (Å²) >= 11 is 3.44. The summed E-state index contributed by atoms with van der Waals surface area (Å²) in [4.78, 5) is 0. The Hall–Kier alpha value is -0.820. The molecule has 0 aliphatic heterocycles. The van der Waals surface area contributed by atoms with E-state index in [2.05, 4.69) is 58.4 Å². The van der Waals surface area contributed by atoms with Crippen molar-refractivity contribution in [1.29, 1.82) is 0 Å². The first-order valence-electron chi connectivity index (χ1n) is 4.94. The molecule has 0 unspecified atom stereocenters. The molecule has 14 heavy (non-hydrogen) atoms. The van der Waals surface area contributed by atoms with Gasteiger partial charge in [-0.2, -0.15) is 0 Å². The molecule has 0 nitrogen and oxygen atoms in total. The van der Waals surface area contributed by atoms with Crippen LogP contribution in [0, 0.1) is 0 Å². The van der Waals surface area contributed by atoms with Crippen LogP contribution in [-0.4, -0.2) is 0 Å². The van der Waals surface area contributed by atoms with Crippen molar-refractivity contribution in [3.05, 3.63) is 58.1 Å². The highest BCUT2D eigenvalue weighted by molar-refractivity contribution is 9.10. The van der Waals surface area contributed by atoms with Gasteiger partial charge < -0.3 is 0 Å². The van der Waals surface area contributed by atoms with Gasteiger partial charge in [-0.1, -0.05) is 46.3 Å². The van der Waals surface area contributed by atoms with E-state index in [-0.39, 0.29) is 0 Å². The molecule has 1 aromatic carbocycles. The zero-order valence-electron chi connectivity index (χ0n) is 8.04. The third-order valence-corrected chi connectivity index (χ3v) is 2.92. The van der Waals surface area contributed by atoms with Crippen LogP contribution in [0.3, 0.4) is 0 Å². The zero-order valence-corrected chi connectivity index (χ0v) is 9.63. The van der Waals surface area contributed by atoms with Crippen molar-refractivity contribution in [1.82, 2.24) is 0 Å².